The summed E-state index contributed by atoms with van der Waals surface area (Å²) in [6.07, 6.45) is 5.25. The summed E-state index contributed by atoms with van der Waals surface area (Å²) >= 11 is 0. The third-order valence-corrected chi connectivity index (χ3v) is 4.69. The standard InChI is InChI=1S/C19H32N2/c1-16-13-17(15-19(2,3)14-16)20-11-8-12-21(4)18-9-6-5-7-10-18/h5-7,9-10,16-17,20H,8,11-15H2,1-4H3. The maximum Gasteiger partial charge on any atom is 0.0363 e. The number of hydrogen-bond donors (Lipinski definition) is 1. The summed E-state index contributed by atoms with van der Waals surface area (Å²) in [4.78, 5) is 2.34. The van der Waals surface area contributed by atoms with Crippen molar-refractivity contribution in [2.75, 3.05) is 25.0 Å². The second-order valence-corrected chi connectivity index (χ2v) is 7.68. The summed E-state index contributed by atoms with van der Waals surface area (Å²) in [6.45, 7) is 9.48. The average Bonchev–Trinajstić information content (AvgIpc) is 2.42. The van der Waals surface area contributed by atoms with Crippen molar-refractivity contribution in [2.45, 2.75) is 52.5 Å². The molecule has 0 amide bonds. The smallest absolute Gasteiger partial charge is 0.0363 e. The predicted octanol–water partition coefficient (Wildman–Crippen LogP) is 4.32. The summed E-state index contributed by atoms with van der Waals surface area (Å²) < 4.78 is 0. The van der Waals surface area contributed by atoms with Gasteiger partial charge in [0.15, 0.2) is 0 Å². The number of para-hydroxylation sites is 1. The van der Waals surface area contributed by atoms with Crippen LogP contribution in [0.4, 0.5) is 5.69 Å². The Morgan fingerprint density at radius 2 is 1.90 bits per heavy atom. The lowest BCUT2D eigenvalue weighted by molar-refractivity contribution is 0.151. The van der Waals surface area contributed by atoms with Crippen LogP contribution in [0, 0.1) is 11.3 Å². The lowest BCUT2D eigenvalue weighted by Crippen LogP contribution is -2.41. The first-order chi connectivity index (χ1) is 9.96. The number of nitrogens with zero attached hydrogens (tertiary/aromatic N) is 1. The first-order valence-electron chi connectivity index (χ1n) is 8.46. The van der Waals surface area contributed by atoms with Crippen LogP contribution in [-0.4, -0.2) is 26.2 Å². The fourth-order valence-corrected chi connectivity index (χ4v) is 3.94. The van der Waals surface area contributed by atoms with Crippen molar-refractivity contribution in [3.63, 3.8) is 0 Å². The Morgan fingerprint density at radius 3 is 2.57 bits per heavy atom. The Morgan fingerprint density at radius 1 is 1.19 bits per heavy atom. The molecule has 1 N–H and O–H groups in total. The molecule has 21 heavy (non-hydrogen) atoms. The van der Waals surface area contributed by atoms with E-state index in [2.05, 4.69) is 68.4 Å². The van der Waals surface area contributed by atoms with Gasteiger partial charge in [-0.2, -0.15) is 0 Å². The van der Waals surface area contributed by atoms with Gasteiger partial charge < -0.3 is 10.2 Å². The summed E-state index contributed by atoms with van der Waals surface area (Å²) in [6, 6.07) is 11.4. The molecule has 2 rings (SSSR count). The Bertz CT molecular complexity index is 413. The van der Waals surface area contributed by atoms with Crippen molar-refractivity contribution in [3.05, 3.63) is 30.3 Å². The lowest BCUT2D eigenvalue weighted by Gasteiger charge is -2.39. The fraction of sp³-hybridized carbons (Fsp3) is 0.684. The van der Waals surface area contributed by atoms with Gasteiger partial charge in [-0.3, -0.25) is 0 Å². The Kier molecular flexibility index (Phi) is 5.69. The quantitative estimate of drug-likeness (QED) is 0.784. The largest absolute Gasteiger partial charge is 0.375 e. The minimum absolute atomic E-state index is 0.510. The number of anilines is 1. The van der Waals surface area contributed by atoms with Crippen molar-refractivity contribution >= 4 is 5.69 Å². The first-order valence-corrected chi connectivity index (χ1v) is 8.46. The van der Waals surface area contributed by atoms with Crippen molar-refractivity contribution in [2.24, 2.45) is 11.3 Å². The topological polar surface area (TPSA) is 15.3 Å². The SMILES string of the molecule is CC1CC(NCCCN(C)c2ccccc2)CC(C)(C)C1. The molecule has 2 nitrogen and oxygen atoms in total. The number of nitrogens with one attached hydrogen (secondary N) is 1. The maximum atomic E-state index is 3.79. The Balaban J connectivity index is 1.68. The molecule has 0 aromatic heterocycles. The van der Waals surface area contributed by atoms with E-state index in [1.807, 2.05) is 0 Å². The molecule has 0 bridgehead atoms. The Hall–Kier alpha value is -1.02. The van der Waals surface area contributed by atoms with Crippen LogP contribution in [0.25, 0.3) is 0 Å². The first kappa shape index (κ1) is 16.4. The third-order valence-electron chi connectivity index (χ3n) is 4.69. The van der Waals surface area contributed by atoms with Gasteiger partial charge >= 0.3 is 0 Å². The summed E-state index contributed by atoms with van der Waals surface area (Å²) in [5.74, 6) is 0.859. The highest BCUT2D eigenvalue weighted by atomic mass is 15.1. The van der Waals surface area contributed by atoms with E-state index < -0.39 is 0 Å². The van der Waals surface area contributed by atoms with E-state index in [9.17, 15) is 0 Å². The van der Waals surface area contributed by atoms with Crippen LogP contribution in [0.5, 0.6) is 0 Å². The van der Waals surface area contributed by atoms with Gasteiger partial charge in [-0.25, -0.2) is 0 Å². The van der Waals surface area contributed by atoms with Crippen LogP contribution >= 0.6 is 0 Å². The number of rotatable bonds is 6. The average molecular weight is 288 g/mol. The van der Waals surface area contributed by atoms with E-state index in [4.69, 9.17) is 0 Å². The van der Waals surface area contributed by atoms with Crippen LogP contribution in [0.3, 0.4) is 0 Å². The molecule has 0 heterocycles. The zero-order chi connectivity index (χ0) is 15.3. The van der Waals surface area contributed by atoms with Gasteiger partial charge in [0.2, 0.25) is 0 Å². The van der Waals surface area contributed by atoms with Crippen molar-refractivity contribution in [1.29, 1.82) is 0 Å². The van der Waals surface area contributed by atoms with Crippen molar-refractivity contribution < 1.29 is 0 Å². The van der Waals surface area contributed by atoms with Crippen LogP contribution < -0.4 is 10.2 Å². The molecule has 1 aliphatic rings. The van der Waals surface area contributed by atoms with E-state index in [0.717, 1.165) is 19.0 Å². The summed E-state index contributed by atoms with van der Waals surface area (Å²) in [7, 11) is 2.18. The molecule has 118 valence electrons. The van der Waals surface area contributed by atoms with Crippen LogP contribution in [-0.2, 0) is 0 Å². The molecule has 0 spiro atoms. The van der Waals surface area contributed by atoms with Gasteiger partial charge in [-0.1, -0.05) is 39.0 Å². The molecule has 1 aromatic rings. The second kappa shape index (κ2) is 7.31. The lowest BCUT2D eigenvalue weighted by atomic mass is 9.70. The molecular formula is C19H32N2. The van der Waals surface area contributed by atoms with E-state index in [-0.39, 0.29) is 0 Å². The van der Waals surface area contributed by atoms with Crippen LogP contribution in [0.1, 0.15) is 46.5 Å². The molecule has 0 saturated heterocycles. The minimum Gasteiger partial charge on any atom is -0.375 e. The van der Waals surface area contributed by atoms with E-state index in [1.54, 1.807) is 0 Å². The van der Waals surface area contributed by atoms with E-state index in [1.165, 1.54) is 31.4 Å². The molecule has 0 aliphatic heterocycles. The Labute approximate surface area is 130 Å². The molecule has 1 aromatic carbocycles. The molecule has 2 unspecified atom stereocenters. The normalized spacial score (nSPS) is 24.8. The van der Waals surface area contributed by atoms with E-state index in [0.29, 0.717) is 11.5 Å². The van der Waals surface area contributed by atoms with E-state index >= 15 is 0 Å². The highest BCUT2D eigenvalue weighted by molar-refractivity contribution is 5.44. The van der Waals surface area contributed by atoms with Crippen LogP contribution in [0.2, 0.25) is 0 Å². The van der Waals surface area contributed by atoms with Gasteiger partial charge in [0, 0.05) is 25.3 Å². The maximum absolute atomic E-state index is 3.79. The summed E-state index contributed by atoms with van der Waals surface area (Å²) in [5, 5.41) is 3.79. The minimum atomic E-state index is 0.510. The molecule has 1 fully saturated rings. The monoisotopic (exact) mass is 288 g/mol. The highest BCUT2D eigenvalue weighted by Crippen LogP contribution is 2.38. The molecular weight excluding hydrogens is 256 g/mol. The van der Waals surface area contributed by atoms with Gasteiger partial charge in [0.05, 0.1) is 0 Å². The number of benzene rings is 1. The number of hydrogen-bond acceptors (Lipinski definition) is 2. The molecule has 0 radical (unpaired) electrons. The van der Waals surface area contributed by atoms with Crippen LogP contribution in [0.15, 0.2) is 30.3 Å². The van der Waals surface area contributed by atoms with Gasteiger partial charge in [0.25, 0.3) is 0 Å². The molecule has 2 heteroatoms. The highest BCUT2D eigenvalue weighted by Gasteiger charge is 2.31. The molecule has 1 aliphatic carbocycles. The van der Waals surface area contributed by atoms with Gasteiger partial charge in [0.1, 0.15) is 0 Å². The molecule has 2 atom stereocenters. The summed E-state index contributed by atoms with van der Waals surface area (Å²) in [5.41, 5.74) is 1.82. The third kappa shape index (κ3) is 5.35. The van der Waals surface area contributed by atoms with Crippen molar-refractivity contribution in [3.8, 4) is 0 Å². The molecule has 1 saturated carbocycles. The second-order valence-electron chi connectivity index (χ2n) is 7.68. The predicted molar refractivity (Wildman–Crippen MR) is 92.9 cm³/mol. The fourth-order valence-electron chi connectivity index (χ4n) is 3.94. The van der Waals surface area contributed by atoms with Gasteiger partial charge in [-0.15, -0.1) is 0 Å². The van der Waals surface area contributed by atoms with Gasteiger partial charge in [-0.05, 0) is 55.7 Å². The van der Waals surface area contributed by atoms with Crippen molar-refractivity contribution in [1.82, 2.24) is 5.32 Å². The zero-order valence-corrected chi connectivity index (χ0v) is 14.2. The zero-order valence-electron chi connectivity index (χ0n) is 14.2.